The maximum Gasteiger partial charge on any atom is -0.000741 e. The highest BCUT2D eigenvalue weighted by Gasteiger charge is 2.31. The van der Waals surface area contributed by atoms with Crippen LogP contribution in [0.3, 0.4) is 0 Å². The van der Waals surface area contributed by atoms with E-state index in [-0.39, 0.29) is 0 Å². The molecule has 282 valence electrons. The minimum atomic E-state index is 1.16. The largest absolute Gasteiger partial charge is 0.0622 e. The second-order valence-electron chi connectivity index (χ2n) is 15.1. The quantitative estimate of drug-likeness (QED) is 0.137. The molecule has 0 saturated carbocycles. The summed E-state index contributed by atoms with van der Waals surface area (Å²) < 4.78 is 0. The van der Waals surface area contributed by atoms with Gasteiger partial charge in [0.05, 0.1) is 0 Å². The SMILES string of the molecule is c1ccc(-c2ccc(-c3c(-c4ccccc4)c(-c4ccccc4)c(-c4ccccc4)c(-c4ccccc4)c3-c3ccccc3)c(-c3ccccc3)c2-c2ccccc2)cc1. The van der Waals surface area contributed by atoms with Crippen LogP contribution in [0.5, 0.6) is 0 Å². The fraction of sp³-hybridized carbons (Fsp3) is 0. The highest BCUT2D eigenvalue weighted by Crippen LogP contribution is 2.58. The number of hydrogen-bond donors (Lipinski definition) is 0. The first-order valence-electron chi connectivity index (χ1n) is 20.7. The van der Waals surface area contributed by atoms with Gasteiger partial charge in [0.15, 0.2) is 0 Å². The van der Waals surface area contributed by atoms with Gasteiger partial charge in [-0.3, -0.25) is 0 Å². The summed E-state index contributed by atoms with van der Waals surface area (Å²) in [4.78, 5) is 0. The Hall–Kier alpha value is -7.80. The standard InChI is InChI=1S/C60H42/c1-9-25-43(26-10-1)51-41-42-52(54(45-29-13-3-14-30-45)53(51)44-27-11-2-12-28-44)60-58(49-37-21-7-22-38-49)56(47-33-17-5-18-34-47)55(46-31-15-4-16-32-46)57(48-35-19-6-20-36-48)59(60)50-39-23-8-24-40-50/h1-42H. The molecule has 0 aromatic heterocycles. The van der Waals surface area contributed by atoms with Crippen LogP contribution in [0.2, 0.25) is 0 Å². The monoisotopic (exact) mass is 762 g/mol. The zero-order valence-corrected chi connectivity index (χ0v) is 33.2. The van der Waals surface area contributed by atoms with Crippen molar-refractivity contribution in [3.8, 4) is 100 Å². The molecule has 10 aromatic carbocycles. The third kappa shape index (κ3) is 6.85. The van der Waals surface area contributed by atoms with E-state index >= 15 is 0 Å². The van der Waals surface area contributed by atoms with Gasteiger partial charge >= 0.3 is 0 Å². The summed E-state index contributed by atoms with van der Waals surface area (Å²) in [5.41, 5.74) is 21.3. The minimum Gasteiger partial charge on any atom is -0.0622 e. The highest BCUT2D eigenvalue weighted by atomic mass is 14.3. The van der Waals surface area contributed by atoms with E-state index in [0.717, 1.165) is 16.7 Å². The summed E-state index contributed by atoms with van der Waals surface area (Å²) >= 11 is 0. The van der Waals surface area contributed by atoms with E-state index in [1.807, 2.05) is 0 Å². The third-order valence-electron chi connectivity index (χ3n) is 11.5. The van der Waals surface area contributed by atoms with Crippen LogP contribution in [-0.4, -0.2) is 0 Å². The van der Waals surface area contributed by atoms with E-state index in [0.29, 0.717) is 0 Å². The molecular formula is C60H42. The van der Waals surface area contributed by atoms with Gasteiger partial charge in [0.25, 0.3) is 0 Å². The van der Waals surface area contributed by atoms with Crippen LogP contribution in [0, 0.1) is 0 Å². The van der Waals surface area contributed by atoms with Crippen molar-refractivity contribution in [2.75, 3.05) is 0 Å². The molecule has 0 aliphatic rings. The Morgan fingerprint density at radius 3 is 0.567 bits per heavy atom. The Bertz CT molecular complexity index is 2890. The first kappa shape index (κ1) is 36.5. The van der Waals surface area contributed by atoms with Crippen molar-refractivity contribution >= 4 is 0 Å². The lowest BCUT2D eigenvalue weighted by molar-refractivity contribution is 1.50. The normalized spacial score (nSPS) is 11.0. The van der Waals surface area contributed by atoms with Crippen molar-refractivity contribution < 1.29 is 0 Å². The van der Waals surface area contributed by atoms with Crippen molar-refractivity contribution in [3.63, 3.8) is 0 Å². The Labute approximate surface area is 353 Å². The van der Waals surface area contributed by atoms with Crippen molar-refractivity contribution in [2.24, 2.45) is 0 Å². The molecule has 10 rings (SSSR count). The van der Waals surface area contributed by atoms with E-state index in [1.54, 1.807) is 0 Å². The molecule has 0 amide bonds. The number of benzene rings is 10. The average Bonchev–Trinajstić information content (AvgIpc) is 3.35. The lowest BCUT2D eigenvalue weighted by Crippen LogP contribution is -2.03. The van der Waals surface area contributed by atoms with Crippen LogP contribution < -0.4 is 0 Å². The van der Waals surface area contributed by atoms with Crippen LogP contribution in [0.25, 0.3) is 100 Å². The molecule has 0 aliphatic carbocycles. The zero-order valence-electron chi connectivity index (χ0n) is 33.2. The lowest BCUT2D eigenvalue weighted by Gasteiger charge is -2.30. The van der Waals surface area contributed by atoms with Gasteiger partial charge in [-0.25, -0.2) is 0 Å². The zero-order chi connectivity index (χ0) is 40.1. The Balaban J connectivity index is 1.52. The summed E-state index contributed by atoms with van der Waals surface area (Å²) in [6, 6.07) is 92.7. The average molecular weight is 763 g/mol. The number of hydrogen-bond acceptors (Lipinski definition) is 0. The Morgan fingerprint density at radius 1 is 0.117 bits per heavy atom. The molecule has 0 spiro atoms. The molecule has 0 atom stereocenters. The molecule has 0 radical (unpaired) electrons. The van der Waals surface area contributed by atoms with E-state index < -0.39 is 0 Å². The van der Waals surface area contributed by atoms with Gasteiger partial charge in [0.1, 0.15) is 0 Å². The summed E-state index contributed by atoms with van der Waals surface area (Å²) in [5, 5.41) is 0. The van der Waals surface area contributed by atoms with Gasteiger partial charge in [-0.05, 0) is 100 Å². The van der Waals surface area contributed by atoms with Gasteiger partial charge in [0, 0.05) is 0 Å². The second-order valence-corrected chi connectivity index (χ2v) is 15.1. The maximum atomic E-state index is 2.40. The molecule has 60 heavy (non-hydrogen) atoms. The third-order valence-corrected chi connectivity index (χ3v) is 11.5. The van der Waals surface area contributed by atoms with Gasteiger partial charge in [-0.2, -0.15) is 0 Å². The topological polar surface area (TPSA) is 0 Å². The predicted octanol–water partition coefficient (Wildman–Crippen LogP) is 16.7. The molecule has 0 N–H and O–H groups in total. The van der Waals surface area contributed by atoms with Crippen LogP contribution >= 0.6 is 0 Å². The van der Waals surface area contributed by atoms with Gasteiger partial charge < -0.3 is 0 Å². The molecule has 0 nitrogen and oxygen atoms in total. The van der Waals surface area contributed by atoms with Crippen LogP contribution in [-0.2, 0) is 0 Å². The van der Waals surface area contributed by atoms with Gasteiger partial charge in [0.2, 0.25) is 0 Å². The van der Waals surface area contributed by atoms with Crippen LogP contribution in [0.1, 0.15) is 0 Å². The van der Waals surface area contributed by atoms with Crippen molar-refractivity contribution in [1.29, 1.82) is 0 Å². The first-order valence-corrected chi connectivity index (χ1v) is 20.7. The molecule has 0 heterocycles. The van der Waals surface area contributed by atoms with Gasteiger partial charge in [-0.1, -0.05) is 255 Å². The predicted molar refractivity (Wildman–Crippen MR) is 255 cm³/mol. The minimum absolute atomic E-state index is 1.16. The molecule has 0 unspecified atom stereocenters. The molecule has 0 bridgehead atoms. The molecule has 0 aliphatic heterocycles. The molecule has 10 aromatic rings. The highest BCUT2D eigenvalue weighted by molar-refractivity contribution is 6.17. The first-order chi connectivity index (χ1) is 29.8. The summed E-state index contributed by atoms with van der Waals surface area (Å²) in [5.74, 6) is 0. The van der Waals surface area contributed by atoms with E-state index in [9.17, 15) is 0 Å². The van der Waals surface area contributed by atoms with Gasteiger partial charge in [-0.15, -0.1) is 0 Å². The van der Waals surface area contributed by atoms with E-state index in [4.69, 9.17) is 0 Å². The summed E-state index contributed by atoms with van der Waals surface area (Å²) in [7, 11) is 0. The lowest BCUT2D eigenvalue weighted by atomic mass is 9.72. The fourth-order valence-corrected chi connectivity index (χ4v) is 8.97. The Morgan fingerprint density at radius 2 is 0.300 bits per heavy atom. The Kier molecular flexibility index (Phi) is 10.1. The molecule has 0 fully saturated rings. The van der Waals surface area contributed by atoms with E-state index in [2.05, 4.69) is 255 Å². The maximum absolute atomic E-state index is 2.40. The second kappa shape index (κ2) is 16.6. The molecule has 0 saturated heterocycles. The summed E-state index contributed by atoms with van der Waals surface area (Å²) in [6.07, 6.45) is 0. The fourth-order valence-electron chi connectivity index (χ4n) is 8.97. The molecular weight excluding hydrogens is 721 g/mol. The summed E-state index contributed by atoms with van der Waals surface area (Å²) in [6.45, 7) is 0. The van der Waals surface area contributed by atoms with Crippen molar-refractivity contribution in [3.05, 3.63) is 255 Å². The van der Waals surface area contributed by atoms with Crippen molar-refractivity contribution in [2.45, 2.75) is 0 Å². The van der Waals surface area contributed by atoms with Crippen molar-refractivity contribution in [1.82, 2.24) is 0 Å². The smallest absolute Gasteiger partial charge is 0.000741 e. The van der Waals surface area contributed by atoms with Crippen LogP contribution in [0.4, 0.5) is 0 Å². The van der Waals surface area contributed by atoms with E-state index in [1.165, 1.54) is 83.5 Å². The molecule has 0 heteroatoms. The number of rotatable bonds is 9. The van der Waals surface area contributed by atoms with Crippen LogP contribution in [0.15, 0.2) is 255 Å².